The molecule has 0 unspecified atom stereocenters. The van der Waals surface area contributed by atoms with E-state index in [0.717, 1.165) is 52.1 Å². The lowest BCUT2D eigenvalue weighted by Crippen LogP contribution is -2.47. The summed E-state index contributed by atoms with van der Waals surface area (Å²) < 4.78 is 83.4. The van der Waals surface area contributed by atoms with Gasteiger partial charge in [-0.05, 0) is 30.1 Å². The number of aromatic nitrogens is 2. The number of nitrogens with zero attached hydrogens (tertiary/aromatic N) is 6. The van der Waals surface area contributed by atoms with E-state index in [1.54, 1.807) is 0 Å². The van der Waals surface area contributed by atoms with Crippen LogP contribution in [0.2, 0.25) is 0 Å². The third kappa shape index (κ3) is 13.0. The zero-order chi connectivity index (χ0) is 32.9. The number of amidine groups is 2. The van der Waals surface area contributed by atoms with Gasteiger partial charge in [0.05, 0.1) is 13.2 Å². The number of carbonyl (C=O) groups is 1. The fraction of sp³-hybridized carbons (Fsp3) is 0.480. The Balaban J connectivity index is 1.25. The van der Waals surface area contributed by atoms with Gasteiger partial charge in [0.2, 0.25) is 11.8 Å². The highest BCUT2D eigenvalue weighted by molar-refractivity contribution is 5.97. The Hall–Kier alpha value is -4.43. The fourth-order valence-corrected chi connectivity index (χ4v) is 3.75. The number of ether oxygens (including phenoxy) is 2. The van der Waals surface area contributed by atoms with Gasteiger partial charge in [0, 0.05) is 74.9 Å². The third-order valence-corrected chi connectivity index (χ3v) is 5.99. The number of nitrogens with two attached hydrogens (primary N) is 2. The number of piperazine rings is 1. The van der Waals surface area contributed by atoms with Crippen molar-refractivity contribution in [3.05, 3.63) is 47.8 Å². The van der Waals surface area contributed by atoms with Crippen molar-refractivity contribution in [2.75, 3.05) is 52.5 Å². The van der Waals surface area contributed by atoms with Gasteiger partial charge < -0.3 is 35.6 Å². The summed E-state index contributed by atoms with van der Waals surface area (Å²) in [5.74, 6) is -2.67. The van der Waals surface area contributed by atoms with Crippen LogP contribution in [0.1, 0.15) is 24.0 Å². The first-order chi connectivity index (χ1) is 21.3. The summed E-state index contributed by atoms with van der Waals surface area (Å²) in [6.45, 7) is 5.99. The molecule has 14 nitrogen and oxygen atoms in total. The Bertz CT molecular complexity index is 1270. The van der Waals surface area contributed by atoms with Crippen molar-refractivity contribution in [2.24, 2.45) is 21.8 Å². The van der Waals surface area contributed by atoms with Crippen LogP contribution < -0.4 is 20.9 Å². The van der Waals surface area contributed by atoms with E-state index in [0.29, 0.717) is 25.0 Å². The zero-order valence-corrected chi connectivity index (χ0v) is 23.6. The maximum absolute atomic E-state index is 12.2. The van der Waals surface area contributed by atoms with E-state index in [2.05, 4.69) is 44.8 Å². The summed E-state index contributed by atoms with van der Waals surface area (Å²) in [5.41, 5.74) is 11.4. The standard InChI is InChI=1S/C25H30F6N8O6/c26-24(27,28)23(40)43-36-21(32)17-3-5-19(34-15-17)41-13-1-7-38-9-11-39(12-10-38)8-2-14-42-20-6-4-18(16-35-20)22(33)37-45-44-25(29,30)31/h3-6,15-16H,1-2,7-14H2,(H2,32,36)(H2,33,37). The minimum absolute atomic E-state index is 0.152. The quantitative estimate of drug-likeness (QED) is 0.0547. The second-order valence-corrected chi connectivity index (χ2v) is 9.29. The maximum atomic E-state index is 12.2. The molecule has 0 amide bonds. The van der Waals surface area contributed by atoms with Crippen molar-refractivity contribution >= 4 is 17.6 Å². The van der Waals surface area contributed by atoms with Crippen molar-refractivity contribution in [3.63, 3.8) is 0 Å². The van der Waals surface area contributed by atoms with Gasteiger partial charge in [-0.2, -0.15) is 13.2 Å². The molecule has 0 atom stereocenters. The number of carbonyl (C=O) groups excluding carboxylic acids is 1. The molecule has 1 saturated heterocycles. The highest BCUT2D eigenvalue weighted by Gasteiger charge is 2.41. The van der Waals surface area contributed by atoms with E-state index in [1.165, 1.54) is 36.7 Å². The van der Waals surface area contributed by atoms with Crippen molar-refractivity contribution in [1.82, 2.24) is 19.8 Å². The van der Waals surface area contributed by atoms with Gasteiger partial charge in [0.25, 0.3) is 0 Å². The van der Waals surface area contributed by atoms with Crippen LogP contribution in [0.5, 0.6) is 11.8 Å². The first-order valence-electron chi connectivity index (χ1n) is 13.3. The molecule has 2 aromatic rings. The lowest BCUT2D eigenvalue weighted by atomic mass is 10.2. The van der Waals surface area contributed by atoms with E-state index < -0.39 is 24.3 Å². The second-order valence-electron chi connectivity index (χ2n) is 9.29. The summed E-state index contributed by atoms with van der Waals surface area (Å²) in [5, 5.41) is 5.98. The van der Waals surface area contributed by atoms with Crippen molar-refractivity contribution in [2.45, 2.75) is 25.4 Å². The fourth-order valence-electron chi connectivity index (χ4n) is 3.75. The van der Waals surface area contributed by atoms with Crippen molar-refractivity contribution in [3.8, 4) is 11.8 Å². The number of oxime groups is 2. The number of alkyl halides is 6. The molecule has 0 radical (unpaired) electrons. The molecule has 4 N–H and O–H groups in total. The maximum Gasteiger partial charge on any atom is 0.560 e. The molecule has 1 aliphatic rings. The lowest BCUT2D eigenvalue weighted by molar-refractivity contribution is -0.485. The third-order valence-electron chi connectivity index (χ3n) is 5.99. The topological polar surface area (TPSA) is 172 Å². The summed E-state index contributed by atoms with van der Waals surface area (Å²) in [4.78, 5) is 33.9. The first kappa shape index (κ1) is 35.1. The molecule has 0 bridgehead atoms. The van der Waals surface area contributed by atoms with E-state index in [-0.39, 0.29) is 17.0 Å². The van der Waals surface area contributed by atoms with Crippen molar-refractivity contribution < 1.29 is 55.3 Å². The molecule has 0 saturated carbocycles. The average molecular weight is 653 g/mol. The largest absolute Gasteiger partial charge is 0.560 e. The molecule has 2 aromatic heterocycles. The van der Waals surface area contributed by atoms with Crippen LogP contribution in [0.3, 0.4) is 0 Å². The molecule has 20 heteroatoms. The van der Waals surface area contributed by atoms with Crippen LogP contribution in [0.15, 0.2) is 47.0 Å². The molecule has 0 aromatic carbocycles. The molecule has 0 aliphatic carbocycles. The lowest BCUT2D eigenvalue weighted by Gasteiger charge is -2.34. The van der Waals surface area contributed by atoms with Gasteiger partial charge in [0.1, 0.15) is 0 Å². The smallest absolute Gasteiger partial charge is 0.478 e. The molecule has 45 heavy (non-hydrogen) atoms. The van der Waals surface area contributed by atoms with Crippen LogP contribution in [-0.2, 0) is 19.5 Å². The van der Waals surface area contributed by atoms with Crippen LogP contribution in [0.25, 0.3) is 0 Å². The SMILES string of the molecule is N/C(=N\OOC(F)(F)F)c1ccc(OCCCN2CCN(CCCOc3ccc(/C(N)=N/OC(=O)C(F)(F)F)cn3)CC2)nc1. The monoisotopic (exact) mass is 652 g/mol. The van der Waals surface area contributed by atoms with E-state index in [4.69, 9.17) is 20.9 Å². The second kappa shape index (κ2) is 16.6. The van der Waals surface area contributed by atoms with Gasteiger partial charge in [-0.3, -0.25) is 0 Å². The van der Waals surface area contributed by atoms with Gasteiger partial charge in [-0.15, -0.1) is 13.2 Å². The number of hydrogen-bond donors (Lipinski definition) is 2. The molecule has 1 fully saturated rings. The molecular weight excluding hydrogens is 622 g/mol. The van der Waals surface area contributed by atoms with E-state index in [9.17, 15) is 31.1 Å². The predicted octanol–water partition coefficient (Wildman–Crippen LogP) is 2.15. The van der Waals surface area contributed by atoms with Gasteiger partial charge in [0.15, 0.2) is 11.7 Å². The Morgan fingerprint density at radius 3 is 1.64 bits per heavy atom. The number of pyridine rings is 2. The average Bonchev–Trinajstić information content (AvgIpc) is 3.00. The molecule has 3 heterocycles. The van der Waals surface area contributed by atoms with Gasteiger partial charge in [-0.25, -0.2) is 19.8 Å². The predicted molar refractivity (Wildman–Crippen MR) is 143 cm³/mol. The Kier molecular flexibility index (Phi) is 12.9. The normalized spacial score (nSPS) is 15.5. The molecular formula is C25H30F6N8O6. The Morgan fingerprint density at radius 2 is 1.24 bits per heavy atom. The van der Waals surface area contributed by atoms with E-state index in [1.807, 2.05) is 0 Å². The summed E-state index contributed by atoms with van der Waals surface area (Å²) in [6, 6.07) is 5.87. The van der Waals surface area contributed by atoms with Crippen LogP contribution in [-0.4, -0.2) is 102 Å². The minimum Gasteiger partial charge on any atom is -0.478 e. The van der Waals surface area contributed by atoms with Crippen LogP contribution in [0.4, 0.5) is 26.3 Å². The molecule has 1 aliphatic heterocycles. The first-order valence-corrected chi connectivity index (χ1v) is 13.3. The van der Waals surface area contributed by atoms with E-state index >= 15 is 0 Å². The molecule has 248 valence electrons. The zero-order valence-electron chi connectivity index (χ0n) is 23.6. The number of halogens is 6. The van der Waals surface area contributed by atoms with Crippen LogP contribution >= 0.6 is 0 Å². The number of rotatable bonds is 15. The summed E-state index contributed by atoms with van der Waals surface area (Å²) in [6.07, 6.45) is -6.17. The Morgan fingerprint density at radius 1 is 0.778 bits per heavy atom. The summed E-state index contributed by atoms with van der Waals surface area (Å²) >= 11 is 0. The number of hydrogen-bond acceptors (Lipinski definition) is 12. The molecule has 0 spiro atoms. The summed E-state index contributed by atoms with van der Waals surface area (Å²) in [7, 11) is 0. The van der Waals surface area contributed by atoms with Crippen molar-refractivity contribution in [1.29, 1.82) is 0 Å². The molecule has 3 rings (SSSR count). The highest BCUT2D eigenvalue weighted by Crippen LogP contribution is 2.18. The van der Waals surface area contributed by atoms with Crippen LogP contribution in [0, 0.1) is 0 Å². The van der Waals surface area contributed by atoms with Gasteiger partial charge >= 0.3 is 18.5 Å². The minimum atomic E-state index is -5.18. The Labute approximate surface area is 252 Å². The highest BCUT2D eigenvalue weighted by atomic mass is 19.4. The van der Waals surface area contributed by atoms with Gasteiger partial charge in [-0.1, -0.05) is 10.0 Å².